The van der Waals surface area contributed by atoms with Crippen LogP contribution in [0.25, 0.3) is 10.9 Å². The molecule has 0 unspecified atom stereocenters. The third-order valence-corrected chi connectivity index (χ3v) is 5.10. The van der Waals surface area contributed by atoms with Gasteiger partial charge in [0, 0.05) is 36.3 Å². The van der Waals surface area contributed by atoms with Crippen LogP contribution in [0.5, 0.6) is 0 Å². The van der Waals surface area contributed by atoms with Gasteiger partial charge in [0.1, 0.15) is 0 Å². The van der Waals surface area contributed by atoms with E-state index in [1.807, 2.05) is 18.2 Å². The fourth-order valence-corrected chi connectivity index (χ4v) is 3.65. The lowest BCUT2D eigenvalue weighted by Crippen LogP contribution is -2.30. The fraction of sp³-hybridized carbons (Fsp3) is 0.500. The molecule has 5 heteroatoms. The summed E-state index contributed by atoms with van der Waals surface area (Å²) in [6.45, 7) is 2.91. The van der Waals surface area contributed by atoms with Crippen LogP contribution in [0.2, 0.25) is 5.02 Å². The molecule has 1 aromatic carbocycles. The molecule has 1 aliphatic rings. The average Bonchev–Trinajstić information content (AvgIpc) is 2.74. The molecule has 4 nitrogen and oxygen atoms in total. The van der Waals surface area contributed by atoms with Crippen molar-refractivity contribution in [1.82, 2.24) is 14.8 Å². The first-order chi connectivity index (χ1) is 11.0. The number of nitrogens with zero attached hydrogens (tertiary/aromatic N) is 2. The lowest BCUT2D eigenvalue weighted by atomic mass is 10.1. The molecule has 0 bridgehead atoms. The number of hydrogen-bond acceptors (Lipinski definition) is 3. The molecule has 23 heavy (non-hydrogen) atoms. The number of likely N-dealkylation sites (tertiary alicyclic amines) is 1. The van der Waals surface area contributed by atoms with Crippen LogP contribution in [0, 0.1) is 0 Å². The molecule has 2 aromatic rings. The highest BCUT2D eigenvalue weighted by molar-refractivity contribution is 6.35. The first-order valence-electron chi connectivity index (χ1n) is 8.24. The number of nitrogens with one attached hydrogen (secondary N) is 1. The third-order valence-electron chi connectivity index (χ3n) is 4.78. The van der Waals surface area contributed by atoms with Gasteiger partial charge in [-0.05, 0) is 52.0 Å². The molecule has 1 fully saturated rings. The number of pyridine rings is 1. The molecule has 1 saturated heterocycles. The smallest absolute Gasteiger partial charge is 0.189 e. The maximum atomic E-state index is 12.3. The van der Waals surface area contributed by atoms with Crippen molar-refractivity contribution in [2.75, 3.05) is 27.2 Å². The molecule has 0 aliphatic carbocycles. The van der Waals surface area contributed by atoms with Crippen LogP contribution in [-0.2, 0) is 6.54 Å². The van der Waals surface area contributed by atoms with Crippen LogP contribution in [0.3, 0.4) is 0 Å². The van der Waals surface area contributed by atoms with E-state index in [4.69, 9.17) is 11.6 Å². The van der Waals surface area contributed by atoms with Crippen LogP contribution in [-0.4, -0.2) is 48.0 Å². The minimum Gasteiger partial charge on any atom is -0.356 e. The SMILES string of the molecule is CN(C)[C@H]1CCCN(Cc2cc(=O)c3cccc(Cl)c3[nH]2)CC1. The Morgan fingerprint density at radius 3 is 2.91 bits per heavy atom. The summed E-state index contributed by atoms with van der Waals surface area (Å²) >= 11 is 6.23. The number of fused-ring (bicyclic) bond motifs is 1. The largest absolute Gasteiger partial charge is 0.356 e. The van der Waals surface area contributed by atoms with E-state index in [-0.39, 0.29) is 5.43 Å². The highest BCUT2D eigenvalue weighted by Gasteiger charge is 2.19. The number of H-pyrrole nitrogens is 1. The molecule has 0 saturated carbocycles. The van der Waals surface area contributed by atoms with Gasteiger partial charge in [0.25, 0.3) is 0 Å². The summed E-state index contributed by atoms with van der Waals surface area (Å²) in [4.78, 5) is 20.4. The molecule has 1 atom stereocenters. The van der Waals surface area contributed by atoms with Gasteiger partial charge in [0.05, 0.1) is 10.5 Å². The molecular weight excluding hydrogens is 310 g/mol. The van der Waals surface area contributed by atoms with E-state index in [1.54, 1.807) is 6.07 Å². The molecule has 3 rings (SSSR count). The Kier molecular flexibility index (Phi) is 5.05. The van der Waals surface area contributed by atoms with Gasteiger partial charge in [0.15, 0.2) is 5.43 Å². The molecule has 2 heterocycles. The van der Waals surface area contributed by atoms with Crippen molar-refractivity contribution < 1.29 is 0 Å². The summed E-state index contributed by atoms with van der Waals surface area (Å²) in [6, 6.07) is 7.82. The van der Waals surface area contributed by atoms with E-state index >= 15 is 0 Å². The summed E-state index contributed by atoms with van der Waals surface area (Å²) in [5.74, 6) is 0. The van der Waals surface area contributed by atoms with E-state index in [0.29, 0.717) is 16.5 Å². The summed E-state index contributed by atoms with van der Waals surface area (Å²) < 4.78 is 0. The van der Waals surface area contributed by atoms with Crippen molar-refractivity contribution >= 4 is 22.5 Å². The highest BCUT2D eigenvalue weighted by atomic mass is 35.5. The summed E-state index contributed by atoms with van der Waals surface area (Å²) in [7, 11) is 4.31. The van der Waals surface area contributed by atoms with Crippen LogP contribution >= 0.6 is 11.6 Å². The molecule has 1 aromatic heterocycles. The zero-order valence-electron chi connectivity index (χ0n) is 13.8. The van der Waals surface area contributed by atoms with Gasteiger partial charge in [-0.1, -0.05) is 17.7 Å². The lowest BCUT2D eigenvalue weighted by molar-refractivity contribution is 0.244. The Hall–Kier alpha value is -1.36. The Morgan fingerprint density at radius 2 is 2.13 bits per heavy atom. The zero-order chi connectivity index (χ0) is 16.4. The van der Waals surface area contributed by atoms with E-state index in [9.17, 15) is 4.79 Å². The van der Waals surface area contributed by atoms with Crippen molar-refractivity contribution in [3.63, 3.8) is 0 Å². The second kappa shape index (κ2) is 7.04. The first-order valence-corrected chi connectivity index (χ1v) is 8.61. The van der Waals surface area contributed by atoms with Gasteiger partial charge >= 0.3 is 0 Å². The van der Waals surface area contributed by atoms with E-state index in [0.717, 1.165) is 30.8 Å². The monoisotopic (exact) mass is 333 g/mol. The number of para-hydroxylation sites is 1. The summed E-state index contributed by atoms with van der Waals surface area (Å²) in [6.07, 6.45) is 3.61. The fourth-order valence-electron chi connectivity index (χ4n) is 3.43. The normalized spacial score (nSPS) is 20.1. The Bertz CT molecular complexity index is 741. The van der Waals surface area contributed by atoms with E-state index < -0.39 is 0 Å². The lowest BCUT2D eigenvalue weighted by Gasteiger charge is -2.23. The quantitative estimate of drug-likeness (QED) is 0.938. The Morgan fingerprint density at radius 1 is 1.30 bits per heavy atom. The number of halogens is 1. The van der Waals surface area contributed by atoms with Crippen molar-refractivity contribution in [2.24, 2.45) is 0 Å². The average molecular weight is 334 g/mol. The Labute approximate surface area is 142 Å². The Balaban J connectivity index is 1.79. The number of rotatable bonds is 3. The van der Waals surface area contributed by atoms with Gasteiger partial charge in [-0.3, -0.25) is 9.69 Å². The van der Waals surface area contributed by atoms with Crippen LogP contribution in [0.4, 0.5) is 0 Å². The summed E-state index contributed by atoms with van der Waals surface area (Å²) in [5, 5.41) is 1.26. The molecular formula is C18H24ClN3O. The van der Waals surface area contributed by atoms with E-state index in [2.05, 4.69) is 28.9 Å². The minimum absolute atomic E-state index is 0.0391. The molecule has 1 N–H and O–H groups in total. The molecule has 0 radical (unpaired) electrons. The highest BCUT2D eigenvalue weighted by Crippen LogP contribution is 2.20. The standard InChI is InChI=1S/C18H24ClN3O/c1-21(2)14-5-4-9-22(10-8-14)12-13-11-17(23)15-6-3-7-16(19)18(15)20-13/h3,6-7,11,14H,4-5,8-10,12H2,1-2H3,(H,20,23)/t14-/m0/s1. The predicted molar refractivity (Wildman–Crippen MR) is 96.2 cm³/mol. The van der Waals surface area contributed by atoms with Gasteiger partial charge in [-0.2, -0.15) is 0 Å². The van der Waals surface area contributed by atoms with Crippen LogP contribution in [0.15, 0.2) is 29.1 Å². The van der Waals surface area contributed by atoms with Crippen molar-refractivity contribution in [3.05, 3.63) is 45.2 Å². The maximum Gasteiger partial charge on any atom is 0.189 e. The molecule has 124 valence electrons. The van der Waals surface area contributed by atoms with Gasteiger partial charge in [0.2, 0.25) is 0 Å². The zero-order valence-corrected chi connectivity index (χ0v) is 14.6. The second-order valence-electron chi connectivity index (χ2n) is 6.65. The van der Waals surface area contributed by atoms with Crippen molar-refractivity contribution in [2.45, 2.75) is 31.8 Å². The molecule has 0 spiro atoms. The maximum absolute atomic E-state index is 12.3. The van der Waals surface area contributed by atoms with Crippen molar-refractivity contribution in [1.29, 1.82) is 0 Å². The number of hydrogen-bond donors (Lipinski definition) is 1. The number of benzene rings is 1. The summed E-state index contributed by atoms with van der Waals surface area (Å²) in [5.41, 5.74) is 1.73. The van der Waals surface area contributed by atoms with Crippen LogP contribution < -0.4 is 5.43 Å². The predicted octanol–water partition coefficient (Wildman–Crippen LogP) is 3.10. The van der Waals surface area contributed by atoms with Gasteiger partial charge < -0.3 is 9.88 Å². The number of aromatic amines is 1. The molecule has 0 amide bonds. The topological polar surface area (TPSA) is 39.3 Å². The second-order valence-corrected chi connectivity index (χ2v) is 7.05. The van der Waals surface area contributed by atoms with E-state index in [1.165, 1.54) is 19.3 Å². The van der Waals surface area contributed by atoms with Crippen molar-refractivity contribution in [3.8, 4) is 0 Å². The van der Waals surface area contributed by atoms with Gasteiger partial charge in [-0.15, -0.1) is 0 Å². The minimum atomic E-state index is 0.0391. The van der Waals surface area contributed by atoms with Crippen LogP contribution in [0.1, 0.15) is 25.0 Å². The first kappa shape index (κ1) is 16.5. The van der Waals surface area contributed by atoms with Gasteiger partial charge in [-0.25, -0.2) is 0 Å². The third kappa shape index (κ3) is 3.77. The molecule has 1 aliphatic heterocycles. The number of aromatic nitrogens is 1.